The molecule has 0 saturated heterocycles. The maximum Gasteiger partial charge on any atom is 0.157 e. The molecule has 0 saturated carbocycles. The van der Waals surface area contributed by atoms with Crippen molar-refractivity contribution in [1.29, 1.82) is 0 Å². The highest BCUT2D eigenvalue weighted by Crippen LogP contribution is 2.43. The van der Waals surface area contributed by atoms with E-state index in [1.807, 2.05) is 19.2 Å². The summed E-state index contributed by atoms with van der Waals surface area (Å²) < 4.78 is 2.33. The molecule has 1 unspecified atom stereocenters. The summed E-state index contributed by atoms with van der Waals surface area (Å²) in [5.41, 5.74) is 4.72. The van der Waals surface area contributed by atoms with Gasteiger partial charge in [-0.15, -0.1) is 11.8 Å². The first kappa shape index (κ1) is 11.1. The van der Waals surface area contributed by atoms with E-state index in [2.05, 4.69) is 39.9 Å². The van der Waals surface area contributed by atoms with Crippen molar-refractivity contribution in [3.63, 3.8) is 0 Å². The van der Waals surface area contributed by atoms with Gasteiger partial charge in [0.15, 0.2) is 5.16 Å². The Hall–Kier alpha value is -1.81. The molecular formula is C15H14N3S. The molecule has 1 aliphatic heterocycles. The van der Waals surface area contributed by atoms with Gasteiger partial charge in [0.25, 0.3) is 0 Å². The topological polar surface area (TPSA) is 30.7 Å². The highest BCUT2D eigenvalue weighted by atomic mass is 32.2. The molecule has 4 rings (SSSR count). The number of hydrogen-bond acceptors (Lipinski definition) is 2. The first-order valence-electron chi connectivity index (χ1n) is 6.40. The van der Waals surface area contributed by atoms with Crippen LogP contribution in [0.4, 0.5) is 0 Å². The van der Waals surface area contributed by atoms with E-state index in [4.69, 9.17) is 4.98 Å². The minimum Gasteiger partial charge on any atom is -0.318 e. The molecule has 0 N–H and O–H groups in total. The Labute approximate surface area is 115 Å². The Morgan fingerprint density at radius 3 is 2.95 bits per heavy atom. The van der Waals surface area contributed by atoms with Crippen LogP contribution in [-0.2, 0) is 6.54 Å². The molecule has 1 radical (unpaired) electrons. The summed E-state index contributed by atoms with van der Waals surface area (Å²) >= 11 is 1.29. The zero-order chi connectivity index (χ0) is 12.8. The third-order valence-corrected chi connectivity index (χ3v) is 4.93. The molecule has 0 bridgehead atoms. The normalized spacial score (nSPS) is 17.8. The van der Waals surface area contributed by atoms with Crippen molar-refractivity contribution < 1.29 is 0 Å². The molecule has 3 heterocycles. The fourth-order valence-electron chi connectivity index (χ4n) is 2.55. The monoisotopic (exact) mass is 268 g/mol. The molecule has 3 nitrogen and oxygen atoms in total. The summed E-state index contributed by atoms with van der Waals surface area (Å²) in [6, 6.07) is 12.6. The number of imidazole rings is 1. The number of benzene rings is 1. The number of nitrogens with zero attached hydrogens (tertiary/aromatic N) is 3. The van der Waals surface area contributed by atoms with Crippen LogP contribution in [0.15, 0.2) is 47.8 Å². The third-order valence-electron chi connectivity index (χ3n) is 3.58. The van der Waals surface area contributed by atoms with Crippen molar-refractivity contribution in [2.75, 3.05) is 0 Å². The lowest BCUT2D eigenvalue weighted by Gasteiger charge is -2.09. The average Bonchev–Trinajstić information content (AvgIpc) is 2.97. The number of para-hydroxylation sites is 2. The van der Waals surface area contributed by atoms with Gasteiger partial charge in [-0.1, -0.05) is 18.2 Å². The summed E-state index contributed by atoms with van der Waals surface area (Å²) in [7, 11) is 0. The van der Waals surface area contributed by atoms with E-state index >= 15 is 0 Å². The van der Waals surface area contributed by atoms with Crippen LogP contribution in [0.3, 0.4) is 0 Å². The standard InChI is InChI=1S/C15H14N3S/c1-10-6-7-11(8-16-10)14-9-18-13-5-3-2-4-12(13)17-15(18)19-14/h2-8,14,19H,9H2,1H3. The number of pyridine rings is 1. The Balaban J connectivity index is 1.72. The Bertz CT molecular complexity index is 746. The van der Waals surface area contributed by atoms with E-state index in [1.54, 1.807) is 0 Å². The maximum absolute atomic E-state index is 4.72. The van der Waals surface area contributed by atoms with E-state index in [0.29, 0.717) is 5.25 Å². The smallest absolute Gasteiger partial charge is 0.157 e. The van der Waals surface area contributed by atoms with E-state index in [0.717, 1.165) is 17.8 Å². The molecule has 1 atom stereocenters. The number of fused-ring (bicyclic) bond motifs is 3. The maximum atomic E-state index is 4.72. The molecule has 0 fully saturated rings. The molecule has 4 heteroatoms. The van der Waals surface area contributed by atoms with Crippen LogP contribution in [0, 0.1) is 6.92 Å². The Kier molecular flexibility index (Phi) is 2.38. The third kappa shape index (κ3) is 1.75. The molecule has 2 aromatic heterocycles. The molecular weight excluding hydrogens is 254 g/mol. The molecule has 1 aromatic carbocycles. The predicted molar refractivity (Wildman–Crippen MR) is 78.7 cm³/mol. The van der Waals surface area contributed by atoms with Gasteiger partial charge in [-0.05, 0) is 30.7 Å². The molecule has 0 spiro atoms. The number of aromatic nitrogens is 3. The van der Waals surface area contributed by atoms with Gasteiger partial charge in [-0.25, -0.2) is 4.98 Å². The lowest BCUT2D eigenvalue weighted by atomic mass is 10.2. The quantitative estimate of drug-likeness (QED) is 0.686. The summed E-state index contributed by atoms with van der Waals surface area (Å²) in [5, 5.41) is 1.66. The molecule has 1 aliphatic rings. The van der Waals surface area contributed by atoms with Crippen LogP contribution < -0.4 is 0 Å². The number of thiol groups is 1. The van der Waals surface area contributed by atoms with Gasteiger partial charge in [0.05, 0.1) is 11.0 Å². The van der Waals surface area contributed by atoms with Crippen LogP contribution in [0.1, 0.15) is 16.5 Å². The lowest BCUT2D eigenvalue weighted by Crippen LogP contribution is -1.99. The van der Waals surface area contributed by atoms with Gasteiger partial charge < -0.3 is 4.57 Å². The van der Waals surface area contributed by atoms with Crippen molar-refractivity contribution in [3.8, 4) is 0 Å². The zero-order valence-corrected chi connectivity index (χ0v) is 11.5. The van der Waals surface area contributed by atoms with Crippen molar-refractivity contribution in [2.45, 2.75) is 23.9 Å². The number of rotatable bonds is 1. The summed E-state index contributed by atoms with van der Waals surface area (Å²) in [6.07, 6.45) is 2.00. The van der Waals surface area contributed by atoms with E-state index < -0.39 is 0 Å². The van der Waals surface area contributed by atoms with Crippen LogP contribution in [-0.4, -0.2) is 14.5 Å². The summed E-state index contributed by atoms with van der Waals surface area (Å²) in [4.78, 5) is 9.12. The first-order valence-corrected chi connectivity index (χ1v) is 7.36. The second-order valence-electron chi connectivity index (χ2n) is 4.89. The second-order valence-corrected chi connectivity index (χ2v) is 6.17. The Morgan fingerprint density at radius 1 is 1.21 bits per heavy atom. The molecule has 3 aromatic rings. The fourth-order valence-corrected chi connectivity index (χ4v) is 3.87. The van der Waals surface area contributed by atoms with Crippen molar-refractivity contribution >= 4 is 22.8 Å². The van der Waals surface area contributed by atoms with Gasteiger partial charge >= 0.3 is 0 Å². The predicted octanol–water partition coefficient (Wildman–Crippen LogP) is 3.32. The Morgan fingerprint density at radius 2 is 2.11 bits per heavy atom. The van der Waals surface area contributed by atoms with Crippen LogP contribution >= 0.6 is 11.8 Å². The van der Waals surface area contributed by atoms with Crippen molar-refractivity contribution in [1.82, 2.24) is 14.5 Å². The lowest BCUT2D eigenvalue weighted by molar-refractivity contribution is 0.681. The van der Waals surface area contributed by atoms with Gasteiger partial charge in [0, 0.05) is 23.7 Å². The fraction of sp³-hybridized carbons (Fsp3) is 0.200. The minimum absolute atomic E-state index is 0.486. The average molecular weight is 268 g/mol. The van der Waals surface area contributed by atoms with Crippen molar-refractivity contribution in [3.05, 3.63) is 53.9 Å². The zero-order valence-electron chi connectivity index (χ0n) is 10.6. The van der Waals surface area contributed by atoms with Gasteiger partial charge in [-0.3, -0.25) is 4.98 Å². The van der Waals surface area contributed by atoms with E-state index in [-0.39, 0.29) is 0 Å². The number of hydrogen-bond donors (Lipinski definition) is 1. The largest absolute Gasteiger partial charge is 0.318 e. The van der Waals surface area contributed by atoms with Gasteiger partial charge in [-0.2, -0.15) is 0 Å². The van der Waals surface area contributed by atoms with Gasteiger partial charge in [0.2, 0.25) is 0 Å². The molecule has 0 aliphatic carbocycles. The summed E-state index contributed by atoms with van der Waals surface area (Å²) in [5.74, 6) is 0. The van der Waals surface area contributed by atoms with Crippen LogP contribution in [0.2, 0.25) is 0 Å². The SMILES string of the molecule is Cc1ccc(C2Cn3c(nc4ccccc43)[SH]2)cn1. The first-order chi connectivity index (χ1) is 9.31. The van der Waals surface area contributed by atoms with E-state index in [1.165, 1.54) is 28.0 Å². The summed E-state index contributed by atoms with van der Waals surface area (Å²) in [6.45, 7) is 3.02. The molecule has 19 heavy (non-hydrogen) atoms. The minimum atomic E-state index is 0.486. The van der Waals surface area contributed by atoms with E-state index in [9.17, 15) is 0 Å². The molecule has 0 amide bonds. The highest BCUT2D eigenvalue weighted by Gasteiger charge is 2.25. The second kappa shape index (κ2) is 4.10. The van der Waals surface area contributed by atoms with Crippen LogP contribution in [0.25, 0.3) is 11.0 Å². The van der Waals surface area contributed by atoms with Crippen LogP contribution in [0.5, 0.6) is 0 Å². The van der Waals surface area contributed by atoms with Crippen molar-refractivity contribution in [2.24, 2.45) is 0 Å². The molecule has 95 valence electrons. The number of aryl methyl sites for hydroxylation is 1. The van der Waals surface area contributed by atoms with Gasteiger partial charge in [0.1, 0.15) is 0 Å². The highest BCUT2D eigenvalue weighted by molar-refractivity contribution is 7.99.